The molecule has 0 radical (unpaired) electrons. The molecule has 3 aromatic carbocycles. The number of hydrogen-bond acceptors (Lipinski definition) is 3. The van der Waals surface area contributed by atoms with Crippen molar-refractivity contribution >= 4 is 33.2 Å². The van der Waals surface area contributed by atoms with Gasteiger partial charge in [-0.1, -0.05) is 47.5 Å². The van der Waals surface area contributed by atoms with Gasteiger partial charge in [0.1, 0.15) is 5.82 Å². The van der Waals surface area contributed by atoms with Crippen LogP contribution in [0.5, 0.6) is 0 Å². The molecule has 3 aromatic rings. The summed E-state index contributed by atoms with van der Waals surface area (Å²) >= 11 is 6.10. The lowest BCUT2D eigenvalue weighted by atomic mass is 10.2. The second-order valence-electron chi connectivity index (χ2n) is 7.22. The molecule has 3 rings (SSSR count). The quantitative estimate of drug-likeness (QED) is 0.544. The van der Waals surface area contributed by atoms with E-state index in [9.17, 15) is 17.6 Å². The molecule has 1 amide bonds. The number of benzene rings is 3. The Kier molecular flexibility index (Phi) is 7.10. The van der Waals surface area contributed by atoms with Crippen LogP contribution >= 0.6 is 11.6 Å². The molecule has 0 aliphatic carbocycles. The first-order valence-electron chi connectivity index (χ1n) is 9.52. The van der Waals surface area contributed by atoms with E-state index in [0.29, 0.717) is 16.3 Å². The van der Waals surface area contributed by atoms with Crippen molar-refractivity contribution in [3.63, 3.8) is 0 Å². The van der Waals surface area contributed by atoms with Crippen LogP contribution in [0.4, 0.5) is 10.1 Å². The highest BCUT2D eigenvalue weighted by Crippen LogP contribution is 2.22. The molecule has 0 aliphatic heterocycles. The predicted octanol–water partition coefficient (Wildman–Crippen LogP) is 4.93. The number of sulfonamides is 1. The fourth-order valence-corrected chi connectivity index (χ4v) is 4.47. The van der Waals surface area contributed by atoms with Crippen LogP contribution in [0.3, 0.4) is 0 Å². The molecule has 0 spiro atoms. The molecule has 0 saturated heterocycles. The van der Waals surface area contributed by atoms with Gasteiger partial charge in [-0.05, 0) is 61.4 Å². The molecule has 0 atom stereocenters. The van der Waals surface area contributed by atoms with Crippen molar-refractivity contribution in [2.45, 2.75) is 25.3 Å². The summed E-state index contributed by atoms with van der Waals surface area (Å²) < 4.78 is 40.8. The number of carbonyl (C=O) groups excluding carboxylic acids is 1. The topological polar surface area (TPSA) is 66.5 Å². The number of nitrogens with one attached hydrogen (secondary N) is 1. The van der Waals surface area contributed by atoms with Gasteiger partial charge in [-0.3, -0.25) is 4.79 Å². The average Bonchev–Trinajstić information content (AvgIpc) is 2.72. The van der Waals surface area contributed by atoms with Crippen molar-refractivity contribution in [1.29, 1.82) is 0 Å². The second kappa shape index (κ2) is 9.60. The summed E-state index contributed by atoms with van der Waals surface area (Å²) in [6, 6.07) is 16.9. The third-order valence-electron chi connectivity index (χ3n) is 4.71. The van der Waals surface area contributed by atoms with Gasteiger partial charge >= 0.3 is 0 Å². The standard InChI is InChI=1S/C23H22ClFN2O3S/c1-16-3-11-21(12-4-16)31(29,30)27(14-18-6-8-19(25)9-7-18)15-23(28)26-20-10-5-17(2)22(24)13-20/h3-13H,14-15H2,1-2H3,(H,26,28). The predicted molar refractivity (Wildman–Crippen MR) is 120 cm³/mol. The lowest BCUT2D eigenvalue weighted by Gasteiger charge is -2.22. The number of amides is 1. The first-order valence-corrected chi connectivity index (χ1v) is 11.3. The van der Waals surface area contributed by atoms with Crippen LogP contribution in [0.1, 0.15) is 16.7 Å². The van der Waals surface area contributed by atoms with Crippen LogP contribution < -0.4 is 5.32 Å². The third-order valence-corrected chi connectivity index (χ3v) is 6.92. The van der Waals surface area contributed by atoms with E-state index in [0.717, 1.165) is 15.4 Å². The zero-order valence-electron chi connectivity index (χ0n) is 17.1. The molecular weight excluding hydrogens is 439 g/mol. The Morgan fingerprint density at radius 1 is 1.00 bits per heavy atom. The Hall–Kier alpha value is -2.74. The van der Waals surface area contributed by atoms with Crippen LogP contribution in [0.2, 0.25) is 5.02 Å². The lowest BCUT2D eigenvalue weighted by Crippen LogP contribution is -2.37. The number of halogens is 2. The number of aryl methyl sites for hydroxylation is 2. The molecule has 0 aliphatic rings. The Balaban J connectivity index is 1.87. The van der Waals surface area contributed by atoms with Crippen LogP contribution in [0, 0.1) is 19.7 Å². The van der Waals surface area contributed by atoms with Gasteiger partial charge in [0.15, 0.2) is 0 Å². The maximum atomic E-state index is 13.3. The summed E-state index contributed by atoms with van der Waals surface area (Å²) in [6.07, 6.45) is 0. The van der Waals surface area contributed by atoms with Crippen LogP contribution in [-0.4, -0.2) is 25.2 Å². The monoisotopic (exact) mass is 460 g/mol. The van der Waals surface area contributed by atoms with Crippen molar-refractivity contribution in [2.24, 2.45) is 0 Å². The highest BCUT2D eigenvalue weighted by Gasteiger charge is 2.27. The van der Waals surface area contributed by atoms with Gasteiger partial charge in [0.25, 0.3) is 0 Å². The fraction of sp³-hybridized carbons (Fsp3) is 0.174. The second-order valence-corrected chi connectivity index (χ2v) is 9.57. The molecule has 0 fully saturated rings. The van der Waals surface area contributed by atoms with Gasteiger partial charge in [-0.25, -0.2) is 12.8 Å². The molecule has 1 N–H and O–H groups in total. The zero-order valence-corrected chi connectivity index (χ0v) is 18.7. The molecule has 31 heavy (non-hydrogen) atoms. The van der Waals surface area contributed by atoms with Gasteiger partial charge in [0.2, 0.25) is 15.9 Å². The first-order chi connectivity index (χ1) is 14.6. The van der Waals surface area contributed by atoms with E-state index in [2.05, 4.69) is 5.32 Å². The van der Waals surface area contributed by atoms with E-state index in [4.69, 9.17) is 11.6 Å². The van der Waals surface area contributed by atoms with Gasteiger partial charge in [-0.15, -0.1) is 0 Å². The molecule has 0 saturated carbocycles. The summed E-state index contributed by atoms with van der Waals surface area (Å²) in [6.45, 7) is 3.19. The number of anilines is 1. The normalized spacial score (nSPS) is 11.5. The summed E-state index contributed by atoms with van der Waals surface area (Å²) in [4.78, 5) is 12.8. The summed E-state index contributed by atoms with van der Waals surface area (Å²) in [7, 11) is -3.98. The molecule has 0 aromatic heterocycles. The van der Waals surface area contributed by atoms with Crippen molar-refractivity contribution in [3.8, 4) is 0 Å². The van der Waals surface area contributed by atoms with Crippen molar-refractivity contribution in [2.75, 3.05) is 11.9 Å². The minimum atomic E-state index is -3.98. The maximum absolute atomic E-state index is 13.3. The van der Waals surface area contributed by atoms with Crippen LogP contribution in [0.25, 0.3) is 0 Å². The Labute approximate surface area is 186 Å². The minimum Gasteiger partial charge on any atom is -0.325 e. The Morgan fingerprint density at radius 3 is 2.26 bits per heavy atom. The van der Waals surface area contributed by atoms with E-state index >= 15 is 0 Å². The third kappa shape index (κ3) is 5.91. The van der Waals surface area contributed by atoms with E-state index in [1.54, 1.807) is 30.3 Å². The molecular formula is C23H22ClFN2O3S. The lowest BCUT2D eigenvalue weighted by molar-refractivity contribution is -0.116. The Morgan fingerprint density at radius 2 is 1.65 bits per heavy atom. The van der Waals surface area contributed by atoms with Gasteiger partial charge in [-0.2, -0.15) is 4.31 Å². The smallest absolute Gasteiger partial charge is 0.243 e. The molecule has 162 valence electrons. The van der Waals surface area contributed by atoms with Crippen molar-refractivity contribution in [1.82, 2.24) is 4.31 Å². The van der Waals surface area contributed by atoms with Gasteiger partial charge in [0.05, 0.1) is 11.4 Å². The molecule has 0 heterocycles. The average molecular weight is 461 g/mol. The molecule has 0 bridgehead atoms. The van der Waals surface area contributed by atoms with Crippen LogP contribution in [-0.2, 0) is 21.4 Å². The highest BCUT2D eigenvalue weighted by atomic mass is 35.5. The van der Waals surface area contributed by atoms with Gasteiger partial charge < -0.3 is 5.32 Å². The molecule has 8 heteroatoms. The first kappa shape index (κ1) is 22.9. The largest absolute Gasteiger partial charge is 0.325 e. The number of hydrogen-bond donors (Lipinski definition) is 1. The summed E-state index contributed by atoms with van der Waals surface area (Å²) in [5.74, 6) is -0.941. The van der Waals surface area contributed by atoms with E-state index in [-0.39, 0.29) is 11.4 Å². The van der Waals surface area contributed by atoms with Crippen LogP contribution in [0.15, 0.2) is 71.6 Å². The minimum absolute atomic E-state index is 0.0754. The molecule has 5 nitrogen and oxygen atoms in total. The van der Waals surface area contributed by atoms with Crippen molar-refractivity contribution < 1.29 is 17.6 Å². The zero-order chi connectivity index (χ0) is 22.6. The number of nitrogens with zero attached hydrogens (tertiary/aromatic N) is 1. The summed E-state index contributed by atoms with van der Waals surface area (Å²) in [5, 5.41) is 3.17. The number of carbonyl (C=O) groups is 1. The van der Waals surface area contributed by atoms with Gasteiger partial charge in [0, 0.05) is 17.3 Å². The Bertz CT molecular complexity index is 1180. The number of rotatable bonds is 7. The van der Waals surface area contributed by atoms with E-state index in [1.165, 1.54) is 36.4 Å². The van der Waals surface area contributed by atoms with Crippen molar-refractivity contribution in [3.05, 3.63) is 94.3 Å². The molecule has 0 unspecified atom stereocenters. The summed E-state index contributed by atoms with van der Waals surface area (Å²) in [5.41, 5.74) is 2.80. The maximum Gasteiger partial charge on any atom is 0.243 e. The highest BCUT2D eigenvalue weighted by molar-refractivity contribution is 7.89. The van der Waals surface area contributed by atoms with E-state index in [1.807, 2.05) is 13.8 Å². The SMILES string of the molecule is Cc1ccc(S(=O)(=O)N(CC(=O)Nc2ccc(C)c(Cl)c2)Cc2ccc(F)cc2)cc1. The fourth-order valence-electron chi connectivity index (χ4n) is 2.91. The van der Waals surface area contributed by atoms with E-state index < -0.39 is 28.3 Å².